The summed E-state index contributed by atoms with van der Waals surface area (Å²) in [6.07, 6.45) is 1.90. The lowest BCUT2D eigenvalue weighted by Gasteiger charge is -2.13. The van der Waals surface area contributed by atoms with Crippen LogP contribution >= 0.6 is 15.9 Å². The molecule has 3 rings (SSSR count). The Balaban J connectivity index is 1.71. The Morgan fingerprint density at radius 1 is 1.50 bits per heavy atom. The number of hydrogen-bond acceptors (Lipinski definition) is 8. The number of hydrogen-bond donors (Lipinski definition) is 3. The number of sulfonamides is 1. The molecule has 1 saturated heterocycles. The van der Waals surface area contributed by atoms with E-state index in [4.69, 9.17) is 4.63 Å². The van der Waals surface area contributed by atoms with Crippen LogP contribution in [0, 0.1) is 11.7 Å². The van der Waals surface area contributed by atoms with Gasteiger partial charge in [-0.15, -0.1) is 0 Å². The van der Waals surface area contributed by atoms with E-state index in [0.29, 0.717) is 31.7 Å². The Hall–Kier alpha value is -2.09. The SMILES string of the molecule is CS(=O)(=O)N1CC[C@H](CNc2nonc2C(=Nc2ccc(F)c(Br)c2)NO)C1. The van der Waals surface area contributed by atoms with Gasteiger partial charge >= 0.3 is 0 Å². The van der Waals surface area contributed by atoms with Crippen LogP contribution in [0.25, 0.3) is 0 Å². The van der Waals surface area contributed by atoms with Crippen LogP contribution in [0.1, 0.15) is 12.1 Å². The van der Waals surface area contributed by atoms with Crippen LogP contribution in [-0.2, 0) is 10.0 Å². The first-order valence-electron chi connectivity index (χ1n) is 8.23. The molecule has 0 aliphatic carbocycles. The lowest BCUT2D eigenvalue weighted by molar-refractivity contribution is 0.234. The number of aliphatic imine (C=N–C) groups is 1. The fourth-order valence-corrected chi connectivity index (χ4v) is 4.07. The number of amidine groups is 1. The number of aromatic nitrogens is 2. The van der Waals surface area contributed by atoms with Gasteiger partial charge in [-0.05, 0) is 56.8 Å². The summed E-state index contributed by atoms with van der Waals surface area (Å²) in [7, 11) is -3.21. The molecule has 1 fully saturated rings. The Kier molecular flexibility index (Phi) is 6.27. The van der Waals surface area contributed by atoms with Crippen LogP contribution in [0.15, 0.2) is 32.3 Å². The molecular formula is C15H18BrFN6O4S. The van der Waals surface area contributed by atoms with E-state index in [-0.39, 0.29) is 27.7 Å². The molecule has 2 aromatic rings. The van der Waals surface area contributed by atoms with Gasteiger partial charge in [-0.25, -0.2) is 26.7 Å². The van der Waals surface area contributed by atoms with Crippen molar-refractivity contribution in [3.05, 3.63) is 34.2 Å². The zero-order chi connectivity index (χ0) is 20.3. The fourth-order valence-electron chi connectivity index (χ4n) is 2.78. The molecule has 2 heterocycles. The van der Waals surface area contributed by atoms with Gasteiger partial charge in [0.25, 0.3) is 0 Å². The van der Waals surface area contributed by atoms with Crippen molar-refractivity contribution in [3.8, 4) is 0 Å². The maximum Gasteiger partial charge on any atom is 0.211 e. The third-order valence-electron chi connectivity index (χ3n) is 4.24. The highest BCUT2D eigenvalue weighted by molar-refractivity contribution is 9.10. The number of nitrogens with zero attached hydrogens (tertiary/aromatic N) is 4. The molecule has 28 heavy (non-hydrogen) atoms. The quantitative estimate of drug-likeness (QED) is 0.326. The molecule has 1 atom stereocenters. The molecule has 152 valence electrons. The van der Waals surface area contributed by atoms with E-state index in [1.54, 1.807) is 0 Å². The van der Waals surface area contributed by atoms with Gasteiger partial charge in [0.15, 0.2) is 11.5 Å². The van der Waals surface area contributed by atoms with E-state index in [1.165, 1.54) is 28.8 Å². The minimum absolute atomic E-state index is 0.0496. The molecule has 3 N–H and O–H groups in total. The van der Waals surface area contributed by atoms with E-state index >= 15 is 0 Å². The largest absolute Gasteiger partial charge is 0.365 e. The van der Waals surface area contributed by atoms with Crippen LogP contribution < -0.4 is 10.8 Å². The number of hydroxylamine groups is 1. The number of anilines is 1. The van der Waals surface area contributed by atoms with Crippen LogP contribution in [0.3, 0.4) is 0 Å². The molecule has 0 saturated carbocycles. The van der Waals surface area contributed by atoms with Gasteiger partial charge in [0.2, 0.25) is 15.8 Å². The monoisotopic (exact) mass is 476 g/mol. The van der Waals surface area contributed by atoms with E-state index in [0.717, 1.165) is 0 Å². The molecule has 0 unspecified atom stereocenters. The van der Waals surface area contributed by atoms with Gasteiger partial charge in [0.1, 0.15) is 5.82 Å². The van der Waals surface area contributed by atoms with Crippen molar-refractivity contribution >= 4 is 43.3 Å². The standard InChI is InChI=1S/C15H18BrFN6O4S/c1-28(25,26)23-5-4-9(8-23)7-18-14-13(21-27-22-14)15(20-24)19-10-2-3-12(17)11(16)6-10/h2-3,6,9,24H,4-5,7-8H2,1H3,(H,18,22)(H,19,20)/t9-/m1/s1. The van der Waals surface area contributed by atoms with Crippen molar-refractivity contribution in [2.45, 2.75) is 6.42 Å². The molecule has 10 nitrogen and oxygen atoms in total. The van der Waals surface area contributed by atoms with Gasteiger partial charge in [0, 0.05) is 19.6 Å². The van der Waals surface area contributed by atoms with Gasteiger partial charge in [-0.1, -0.05) is 0 Å². The molecule has 1 aromatic carbocycles. The molecule has 1 aliphatic rings. The van der Waals surface area contributed by atoms with E-state index in [1.807, 2.05) is 5.48 Å². The maximum atomic E-state index is 13.4. The Morgan fingerprint density at radius 3 is 2.93 bits per heavy atom. The predicted molar refractivity (Wildman–Crippen MR) is 103 cm³/mol. The topological polar surface area (TPSA) is 133 Å². The molecule has 0 radical (unpaired) electrons. The molecular weight excluding hydrogens is 459 g/mol. The zero-order valence-electron chi connectivity index (χ0n) is 14.8. The summed E-state index contributed by atoms with van der Waals surface area (Å²) < 4.78 is 42.9. The highest BCUT2D eigenvalue weighted by Crippen LogP contribution is 2.24. The summed E-state index contributed by atoms with van der Waals surface area (Å²) in [6, 6.07) is 4.09. The molecule has 1 aliphatic heterocycles. The van der Waals surface area contributed by atoms with Crippen molar-refractivity contribution in [3.63, 3.8) is 0 Å². The van der Waals surface area contributed by atoms with Crippen LogP contribution in [0.5, 0.6) is 0 Å². The maximum absolute atomic E-state index is 13.4. The van der Waals surface area contributed by atoms with Gasteiger partial charge in [-0.3, -0.25) is 10.7 Å². The Bertz CT molecular complexity index is 983. The molecule has 0 bridgehead atoms. The van der Waals surface area contributed by atoms with Crippen LogP contribution in [0.4, 0.5) is 15.9 Å². The van der Waals surface area contributed by atoms with Crippen molar-refractivity contribution in [1.29, 1.82) is 0 Å². The van der Waals surface area contributed by atoms with Crippen LogP contribution in [0.2, 0.25) is 0 Å². The Labute approximate surface area is 168 Å². The second-order valence-corrected chi connectivity index (χ2v) is 9.13. The summed E-state index contributed by atoms with van der Waals surface area (Å²) in [4.78, 5) is 4.18. The first-order valence-corrected chi connectivity index (χ1v) is 10.9. The Morgan fingerprint density at radius 2 is 2.29 bits per heavy atom. The second kappa shape index (κ2) is 8.51. The lowest BCUT2D eigenvalue weighted by atomic mass is 10.1. The molecule has 1 aromatic heterocycles. The third kappa shape index (κ3) is 4.84. The average Bonchev–Trinajstić information content (AvgIpc) is 3.29. The smallest absolute Gasteiger partial charge is 0.211 e. The highest BCUT2D eigenvalue weighted by atomic mass is 79.9. The van der Waals surface area contributed by atoms with Crippen molar-refractivity contribution in [2.75, 3.05) is 31.2 Å². The van der Waals surface area contributed by atoms with Crippen LogP contribution in [-0.4, -0.2) is 60.0 Å². The number of nitrogens with one attached hydrogen (secondary N) is 2. The fraction of sp³-hybridized carbons (Fsp3) is 0.400. The number of rotatable bonds is 6. The number of benzene rings is 1. The van der Waals surface area contributed by atoms with Crippen molar-refractivity contribution < 1.29 is 22.6 Å². The summed E-state index contributed by atoms with van der Waals surface area (Å²) in [5.41, 5.74) is 2.42. The number of halogens is 2. The summed E-state index contributed by atoms with van der Waals surface area (Å²) >= 11 is 3.07. The molecule has 0 spiro atoms. The predicted octanol–water partition coefficient (Wildman–Crippen LogP) is 1.72. The average molecular weight is 477 g/mol. The zero-order valence-corrected chi connectivity index (χ0v) is 17.2. The highest BCUT2D eigenvalue weighted by Gasteiger charge is 2.29. The minimum atomic E-state index is -3.21. The molecule has 13 heteroatoms. The van der Waals surface area contributed by atoms with Gasteiger partial charge in [0.05, 0.1) is 16.4 Å². The van der Waals surface area contributed by atoms with Gasteiger partial charge < -0.3 is 5.32 Å². The summed E-state index contributed by atoms with van der Waals surface area (Å²) in [5, 5.41) is 20.0. The van der Waals surface area contributed by atoms with Crippen molar-refractivity contribution in [2.24, 2.45) is 10.9 Å². The minimum Gasteiger partial charge on any atom is -0.365 e. The third-order valence-corrected chi connectivity index (χ3v) is 6.12. The van der Waals surface area contributed by atoms with Crippen molar-refractivity contribution in [1.82, 2.24) is 20.1 Å². The van der Waals surface area contributed by atoms with E-state index in [9.17, 15) is 18.0 Å². The van der Waals surface area contributed by atoms with E-state index < -0.39 is 15.8 Å². The van der Waals surface area contributed by atoms with E-state index in [2.05, 4.69) is 36.6 Å². The first-order chi connectivity index (χ1) is 13.3. The summed E-state index contributed by atoms with van der Waals surface area (Å²) in [6.45, 7) is 1.32. The summed E-state index contributed by atoms with van der Waals surface area (Å²) in [5.74, 6) is -0.164. The normalized spacial score (nSPS) is 18.4. The van der Waals surface area contributed by atoms with Gasteiger partial charge in [-0.2, -0.15) is 0 Å². The molecule has 0 amide bonds. The second-order valence-electron chi connectivity index (χ2n) is 6.29. The lowest BCUT2D eigenvalue weighted by Crippen LogP contribution is -2.29. The first kappa shape index (κ1) is 20.6.